The number of ether oxygens (including phenoxy) is 1. The second kappa shape index (κ2) is 10.4. The summed E-state index contributed by atoms with van der Waals surface area (Å²) in [5.41, 5.74) is 1.49. The molecule has 0 radical (unpaired) electrons. The number of carbonyl (C=O) groups excluding carboxylic acids is 3. The van der Waals surface area contributed by atoms with Crippen LogP contribution in [0.4, 0.5) is 5.69 Å². The van der Waals surface area contributed by atoms with Gasteiger partial charge in [0.05, 0.1) is 17.7 Å². The quantitative estimate of drug-likeness (QED) is 0.762. The highest BCUT2D eigenvalue weighted by atomic mass is 16.5. The number of anilines is 1. The summed E-state index contributed by atoms with van der Waals surface area (Å²) in [5, 5.41) is 2.76. The second-order valence-electron chi connectivity index (χ2n) is 7.13. The third kappa shape index (κ3) is 6.17. The Morgan fingerprint density at radius 1 is 0.862 bits per heavy atom. The van der Waals surface area contributed by atoms with Crippen LogP contribution in [0.15, 0.2) is 54.6 Å². The minimum atomic E-state index is -0.621. The van der Waals surface area contributed by atoms with Gasteiger partial charge in [0.25, 0.3) is 5.91 Å². The monoisotopic (exact) mass is 394 g/mol. The maximum Gasteiger partial charge on any atom is 0.340 e. The van der Waals surface area contributed by atoms with Crippen molar-refractivity contribution < 1.29 is 19.1 Å². The summed E-state index contributed by atoms with van der Waals surface area (Å²) in [6.45, 7) is 1.14. The Bertz CT molecular complexity index is 843. The van der Waals surface area contributed by atoms with Gasteiger partial charge in [-0.1, -0.05) is 55.3 Å². The minimum Gasteiger partial charge on any atom is -0.452 e. The molecule has 1 heterocycles. The smallest absolute Gasteiger partial charge is 0.340 e. The van der Waals surface area contributed by atoms with Gasteiger partial charge >= 0.3 is 5.97 Å². The lowest BCUT2D eigenvalue weighted by atomic mass is 10.1. The SMILES string of the molecule is O=C(Cc1ccccc1)Nc1ccccc1C(=O)OCC(=O)N1CCCCCC1. The molecule has 29 heavy (non-hydrogen) atoms. The maximum absolute atomic E-state index is 12.5. The summed E-state index contributed by atoms with van der Waals surface area (Å²) in [4.78, 5) is 38.9. The lowest BCUT2D eigenvalue weighted by Crippen LogP contribution is -2.35. The minimum absolute atomic E-state index is 0.175. The Morgan fingerprint density at radius 3 is 2.24 bits per heavy atom. The van der Waals surface area contributed by atoms with Crippen LogP contribution in [0.2, 0.25) is 0 Å². The highest BCUT2D eigenvalue weighted by Gasteiger charge is 2.19. The summed E-state index contributed by atoms with van der Waals surface area (Å²) < 4.78 is 5.24. The molecule has 6 nitrogen and oxygen atoms in total. The second-order valence-corrected chi connectivity index (χ2v) is 7.13. The number of nitrogens with zero attached hydrogens (tertiary/aromatic N) is 1. The molecule has 1 fully saturated rings. The van der Waals surface area contributed by atoms with E-state index in [9.17, 15) is 14.4 Å². The number of nitrogens with one attached hydrogen (secondary N) is 1. The largest absolute Gasteiger partial charge is 0.452 e. The van der Waals surface area contributed by atoms with E-state index in [1.165, 1.54) is 0 Å². The van der Waals surface area contributed by atoms with E-state index in [0.29, 0.717) is 18.8 Å². The summed E-state index contributed by atoms with van der Waals surface area (Å²) in [6, 6.07) is 16.0. The highest BCUT2D eigenvalue weighted by Crippen LogP contribution is 2.17. The van der Waals surface area contributed by atoms with Crippen molar-refractivity contribution in [3.05, 3.63) is 65.7 Å². The molecular weight excluding hydrogens is 368 g/mol. The van der Waals surface area contributed by atoms with E-state index >= 15 is 0 Å². The predicted molar refractivity (Wildman–Crippen MR) is 111 cm³/mol. The van der Waals surface area contributed by atoms with Gasteiger partial charge in [-0.05, 0) is 30.5 Å². The number of hydrogen-bond donors (Lipinski definition) is 1. The van der Waals surface area contributed by atoms with Crippen LogP contribution in [0.25, 0.3) is 0 Å². The normalized spacial score (nSPS) is 14.0. The van der Waals surface area contributed by atoms with Crippen LogP contribution < -0.4 is 5.32 Å². The summed E-state index contributed by atoms with van der Waals surface area (Å²) in [5.74, 6) is -1.02. The zero-order chi connectivity index (χ0) is 20.5. The molecule has 2 aromatic rings. The Morgan fingerprint density at radius 2 is 1.52 bits per heavy atom. The topological polar surface area (TPSA) is 75.7 Å². The Labute approximate surface area is 170 Å². The van der Waals surface area contributed by atoms with E-state index < -0.39 is 5.97 Å². The number of para-hydroxylation sites is 1. The van der Waals surface area contributed by atoms with E-state index in [1.54, 1.807) is 29.2 Å². The number of amides is 2. The van der Waals surface area contributed by atoms with Crippen molar-refractivity contribution in [1.82, 2.24) is 4.90 Å². The molecule has 0 aliphatic carbocycles. The predicted octanol–water partition coefficient (Wildman–Crippen LogP) is 3.43. The number of likely N-dealkylation sites (tertiary alicyclic amines) is 1. The molecule has 0 aromatic heterocycles. The van der Waals surface area contributed by atoms with Crippen LogP contribution in [-0.2, 0) is 20.7 Å². The molecule has 2 amide bonds. The third-order valence-electron chi connectivity index (χ3n) is 4.91. The van der Waals surface area contributed by atoms with E-state index in [2.05, 4.69) is 5.32 Å². The molecule has 0 unspecified atom stereocenters. The van der Waals surface area contributed by atoms with Gasteiger partial charge in [0.2, 0.25) is 5.91 Å². The number of benzene rings is 2. The van der Waals surface area contributed by atoms with Crippen molar-refractivity contribution in [2.75, 3.05) is 25.0 Å². The molecule has 1 aliphatic heterocycles. The molecule has 6 heteroatoms. The zero-order valence-electron chi connectivity index (χ0n) is 16.4. The first-order valence-corrected chi connectivity index (χ1v) is 10.0. The van der Waals surface area contributed by atoms with Gasteiger partial charge in [-0.15, -0.1) is 0 Å². The molecule has 0 atom stereocenters. The van der Waals surface area contributed by atoms with Gasteiger partial charge in [0.15, 0.2) is 6.61 Å². The van der Waals surface area contributed by atoms with Crippen molar-refractivity contribution in [3.8, 4) is 0 Å². The maximum atomic E-state index is 12.5. The van der Waals surface area contributed by atoms with E-state index in [4.69, 9.17) is 4.74 Å². The Hall–Kier alpha value is -3.15. The standard InChI is InChI=1S/C23H26N2O4/c26-21(16-18-10-4-3-5-11-18)24-20-13-7-6-12-19(20)23(28)29-17-22(27)25-14-8-1-2-9-15-25/h3-7,10-13H,1-2,8-9,14-17H2,(H,24,26). The van der Waals surface area contributed by atoms with Gasteiger partial charge in [-0.25, -0.2) is 4.79 Å². The van der Waals surface area contributed by atoms with Crippen molar-refractivity contribution in [1.29, 1.82) is 0 Å². The Kier molecular flexibility index (Phi) is 7.39. The average molecular weight is 394 g/mol. The fourth-order valence-corrected chi connectivity index (χ4v) is 3.36. The van der Waals surface area contributed by atoms with Crippen molar-refractivity contribution in [2.45, 2.75) is 32.1 Å². The van der Waals surface area contributed by atoms with E-state index in [1.807, 2.05) is 30.3 Å². The van der Waals surface area contributed by atoms with Crippen molar-refractivity contribution in [2.24, 2.45) is 0 Å². The summed E-state index contributed by atoms with van der Waals surface area (Å²) in [7, 11) is 0. The van der Waals surface area contributed by atoms with Crippen molar-refractivity contribution >= 4 is 23.5 Å². The Balaban J connectivity index is 1.58. The number of hydrogen-bond acceptors (Lipinski definition) is 4. The molecule has 2 aromatic carbocycles. The number of carbonyl (C=O) groups is 3. The fourth-order valence-electron chi connectivity index (χ4n) is 3.36. The van der Waals surface area contributed by atoms with Gasteiger partial charge in [-0.2, -0.15) is 0 Å². The van der Waals surface area contributed by atoms with Crippen LogP contribution >= 0.6 is 0 Å². The van der Waals surface area contributed by atoms with Crippen molar-refractivity contribution in [3.63, 3.8) is 0 Å². The summed E-state index contributed by atoms with van der Waals surface area (Å²) in [6.07, 6.45) is 4.42. The van der Waals surface area contributed by atoms with Gasteiger partial charge in [0, 0.05) is 13.1 Å². The third-order valence-corrected chi connectivity index (χ3v) is 4.91. The molecule has 0 spiro atoms. The lowest BCUT2D eigenvalue weighted by molar-refractivity contribution is -0.134. The first-order valence-electron chi connectivity index (χ1n) is 10.0. The van der Waals surface area contributed by atoms with Gasteiger partial charge in [0.1, 0.15) is 0 Å². The number of rotatable bonds is 6. The van der Waals surface area contributed by atoms with Crippen LogP contribution in [0, 0.1) is 0 Å². The molecule has 3 rings (SSSR count). The molecular formula is C23H26N2O4. The molecule has 0 bridgehead atoms. The molecule has 1 saturated heterocycles. The van der Waals surface area contributed by atoms with E-state index in [-0.39, 0.29) is 30.4 Å². The first-order chi connectivity index (χ1) is 14.1. The van der Waals surface area contributed by atoms with Crippen LogP contribution in [0.5, 0.6) is 0 Å². The molecule has 152 valence electrons. The molecule has 1 aliphatic rings. The van der Waals surface area contributed by atoms with Crippen LogP contribution in [0.1, 0.15) is 41.6 Å². The fraction of sp³-hybridized carbons (Fsp3) is 0.348. The zero-order valence-corrected chi connectivity index (χ0v) is 16.4. The summed E-state index contributed by atoms with van der Waals surface area (Å²) >= 11 is 0. The lowest BCUT2D eigenvalue weighted by Gasteiger charge is -2.20. The van der Waals surface area contributed by atoms with E-state index in [0.717, 1.165) is 31.2 Å². The highest BCUT2D eigenvalue weighted by molar-refractivity contribution is 6.02. The molecule has 1 N–H and O–H groups in total. The number of esters is 1. The van der Waals surface area contributed by atoms with Gasteiger partial charge < -0.3 is 15.0 Å². The molecule has 0 saturated carbocycles. The van der Waals surface area contributed by atoms with Crippen LogP contribution in [0.3, 0.4) is 0 Å². The van der Waals surface area contributed by atoms with Gasteiger partial charge in [-0.3, -0.25) is 9.59 Å². The first kappa shape index (κ1) is 20.6. The van der Waals surface area contributed by atoms with Crippen LogP contribution in [-0.4, -0.2) is 42.4 Å². The average Bonchev–Trinajstić information content (AvgIpc) is 3.02.